The van der Waals surface area contributed by atoms with Gasteiger partial charge in [-0.25, -0.2) is 4.79 Å². The number of urea groups is 1. The van der Waals surface area contributed by atoms with Crippen molar-refractivity contribution < 1.29 is 19.1 Å². The molecule has 4 N–H and O–H groups in total. The highest BCUT2D eigenvalue weighted by Crippen LogP contribution is 2.22. The molecular weight excluding hydrogens is 360 g/mol. The van der Waals surface area contributed by atoms with Crippen molar-refractivity contribution in [2.45, 2.75) is 13.3 Å². The molecule has 0 saturated heterocycles. The van der Waals surface area contributed by atoms with Crippen LogP contribution in [0.3, 0.4) is 0 Å². The minimum Gasteiger partial charge on any atom is -0.495 e. The Morgan fingerprint density at radius 3 is 2.25 bits per heavy atom. The van der Waals surface area contributed by atoms with Crippen molar-refractivity contribution in [2.24, 2.45) is 0 Å². The van der Waals surface area contributed by atoms with Gasteiger partial charge in [0.2, 0.25) is 5.91 Å². The molecule has 0 spiro atoms. The number of rotatable bonds is 8. The molecule has 28 heavy (non-hydrogen) atoms. The standard InChI is InChI=1S/C20H24N4O4/c1-3-18(25)23-15-10-8-14(9-11-15)19(26)21-12-13-22-20(27)24-16-6-4-5-7-17(16)28-2/h4-11H,3,12-13H2,1-2H3,(H,21,26)(H,23,25)(H2,22,24,27). The summed E-state index contributed by atoms with van der Waals surface area (Å²) in [6.45, 7) is 2.30. The van der Waals surface area contributed by atoms with Crippen LogP contribution in [0.1, 0.15) is 23.7 Å². The first kappa shape index (κ1) is 20.8. The van der Waals surface area contributed by atoms with Crippen LogP contribution in [-0.2, 0) is 4.79 Å². The third kappa shape index (κ3) is 6.31. The second kappa shape index (κ2) is 10.6. The average Bonchev–Trinajstić information content (AvgIpc) is 2.71. The van der Waals surface area contributed by atoms with Crippen LogP contribution >= 0.6 is 0 Å². The smallest absolute Gasteiger partial charge is 0.319 e. The molecule has 0 unspecified atom stereocenters. The van der Waals surface area contributed by atoms with Crippen LogP contribution in [0.5, 0.6) is 5.75 Å². The van der Waals surface area contributed by atoms with Gasteiger partial charge in [0.1, 0.15) is 5.75 Å². The summed E-state index contributed by atoms with van der Waals surface area (Å²) in [6.07, 6.45) is 0.389. The molecule has 0 bridgehead atoms. The minimum atomic E-state index is -0.394. The SMILES string of the molecule is CCC(=O)Nc1ccc(C(=O)NCCNC(=O)Nc2ccccc2OC)cc1. The lowest BCUT2D eigenvalue weighted by Crippen LogP contribution is -2.36. The molecule has 0 atom stereocenters. The summed E-state index contributed by atoms with van der Waals surface area (Å²) in [6, 6.07) is 13.3. The average molecular weight is 384 g/mol. The van der Waals surface area contributed by atoms with Crippen molar-refractivity contribution in [2.75, 3.05) is 30.8 Å². The highest BCUT2D eigenvalue weighted by atomic mass is 16.5. The maximum absolute atomic E-state index is 12.1. The Morgan fingerprint density at radius 2 is 1.57 bits per heavy atom. The zero-order chi connectivity index (χ0) is 20.4. The molecule has 0 radical (unpaired) electrons. The fourth-order valence-electron chi connectivity index (χ4n) is 2.32. The van der Waals surface area contributed by atoms with Crippen molar-refractivity contribution in [1.29, 1.82) is 0 Å². The quantitative estimate of drug-likeness (QED) is 0.525. The minimum absolute atomic E-state index is 0.0883. The van der Waals surface area contributed by atoms with E-state index in [0.717, 1.165) is 0 Å². The van der Waals surface area contributed by atoms with E-state index in [1.54, 1.807) is 49.4 Å². The van der Waals surface area contributed by atoms with Gasteiger partial charge in [-0.3, -0.25) is 9.59 Å². The lowest BCUT2D eigenvalue weighted by atomic mass is 10.2. The van der Waals surface area contributed by atoms with Gasteiger partial charge in [-0.1, -0.05) is 19.1 Å². The third-order valence-corrected chi connectivity index (χ3v) is 3.80. The van der Waals surface area contributed by atoms with Crippen LogP contribution in [-0.4, -0.2) is 38.0 Å². The predicted octanol–water partition coefficient (Wildman–Crippen LogP) is 2.60. The Bertz CT molecular complexity index is 821. The Morgan fingerprint density at radius 1 is 0.893 bits per heavy atom. The van der Waals surface area contributed by atoms with Crippen LogP contribution in [0.15, 0.2) is 48.5 Å². The fourth-order valence-corrected chi connectivity index (χ4v) is 2.32. The fraction of sp³-hybridized carbons (Fsp3) is 0.250. The van der Waals surface area contributed by atoms with E-state index in [0.29, 0.717) is 29.1 Å². The van der Waals surface area contributed by atoms with E-state index in [4.69, 9.17) is 4.74 Å². The first-order valence-electron chi connectivity index (χ1n) is 8.89. The molecule has 0 saturated carbocycles. The van der Waals surface area contributed by atoms with E-state index in [9.17, 15) is 14.4 Å². The highest BCUT2D eigenvalue weighted by Gasteiger charge is 2.08. The van der Waals surface area contributed by atoms with E-state index in [-0.39, 0.29) is 24.9 Å². The zero-order valence-corrected chi connectivity index (χ0v) is 15.9. The number of carbonyl (C=O) groups is 3. The predicted molar refractivity (Wildman–Crippen MR) is 108 cm³/mol. The number of methoxy groups -OCH3 is 1. The molecule has 0 fully saturated rings. The van der Waals surface area contributed by atoms with Gasteiger partial charge in [-0.15, -0.1) is 0 Å². The summed E-state index contributed by atoms with van der Waals surface area (Å²) in [4.78, 5) is 35.4. The van der Waals surface area contributed by atoms with E-state index < -0.39 is 6.03 Å². The normalized spacial score (nSPS) is 9.93. The molecule has 8 nitrogen and oxygen atoms in total. The Balaban J connectivity index is 1.73. The van der Waals surface area contributed by atoms with Gasteiger partial charge in [0.15, 0.2) is 0 Å². The van der Waals surface area contributed by atoms with Gasteiger partial charge in [0.25, 0.3) is 5.91 Å². The Kier molecular flexibility index (Phi) is 7.83. The molecule has 2 rings (SSSR count). The number of ether oxygens (including phenoxy) is 1. The second-order valence-electron chi connectivity index (χ2n) is 5.82. The van der Waals surface area contributed by atoms with Gasteiger partial charge in [-0.2, -0.15) is 0 Å². The molecule has 0 aliphatic heterocycles. The summed E-state index contributed by atoms with van der Waals surface area (Å²) in [5, 5.41) is 10.8. The molecular formula is C20H24N4O4. The van der Waals surface area contributed by atoms with E-state index in [2.05, 4.69) is 21.3 Å². The Hall–Kier alpha value is -3.55. The van der Waals surface area contributed by atoms with Crippen LogP contribution < -0.4 is 26.0 Å². The number of nitrogens with one attached hydrogen (secondary N) is 4. The highest BCUT2D eigenvalue weighted by molar-refractivity contribution is 5.96. The van der Waals surface area contributed by atoms with Crippen LogP contribution in [0, 0.1) is 0 Å². The third-order valence-electron chi connectivity index (χ3n) is 3.80. The first-order chi connectivity index (χ1) is 13.5. The summed E-state index contributed by atoms with van der Waals surface area (Å²) >= 11 is 0. The maximum atomic E-state index is 12.1. The van der Waals surface area contributed by atoms with E-state index in [1.165, 1.54) is 7.11 Å². The lowest BCUT2D eigenvalue weighted by molar-refractivity contribution is -0.115. The van der Waals surface area contributed by atoms with Crippen LogP contribution in [0.4, 0.5) is 16.2 Å². The molecule has 2 aromatic carbocycles. The lowest BCUT2D eigenvalue weighted by Gasteiger charge is -2.11. The topological polar surface area (TPSA) is 109 Å². The van der Waals surface area contributed by atoms with Gasteiger partial charge in [0.05, 0.1) is 12.8 Å². The van der Waals surface area contributed by atoms with Crippen molar-refractivity contribution in [1.82, 2.24) is 10.6 Å². The molecule has 148 valence electrons. The molecule has 8 heteroatoms. The molecule has 4 amide bonds. The number of amides is 4. The van der Waals surface area contributed by atoms with E-state index >= 15 is 0 Å². The molecule has 0 aliphatic carbocycles. The Labute approximate surface area is 163 Å². The number of hydrogen-bond donors (Lipinski definition) is 4. The molecule has 0 heterocycles. The monoisotopic (exact) mass is 384 g/mol. The van der Waals surface area contributed by atoms with Crippen LogP contribution in [0.25, 0.3) is 0 Å². The van der Waals surface area contributed by atoms with Gasteiger partial charge in [-0.05, 0) is 36.4 Å². The zero-order valence-electron chi connectivity index (χ0n) is 15.9. The molecule has 0 aromatic heterocycles. The maximum Gasteiger partial charge on any atom is 0.319 e. The van der Waals surface area contributed by atoms with Crippen molar-refractivity contribution in [3.63, 3.8) is 0 Å². The number of hydrogen-bond acceptors (Lipinski definition) is 4. The van der Waals surface area contributed by atoms with Crippen LogP contribution in [0.2, 0.25) is 0 Å². The van der Waals surface area contributed by atoms with Gasteiger partial charge < -0.3 is 26.0 Å². The number of carbonyl (C=O) groups excluding carboxylic acids is 3. The van der Waals surface area contributed by atoms with Crippen molar-refractivity contribution >= 4 is 29.2 Å². The summed E-state index contributed by atoms with van der Waals surface area (Å²) in [7, 11) is 1.53. The number of para-hydroxylation sites is 2. The van der Waals surface area contributed by atoms with Gasteiger partial charge in [0, 0.05) is 30.8 Å². The van der Waals surface area contributed by atoms with Gasteiger partial charge >= 0.3 is 6.03 Å². The summed E-state index contributed by atoms with van der Waals surface area (Å²) < 4.78 is 5.17. The number of benzene rings is 2. The molecule has 2 aromatic rings. The summed E-state index contributed by atoms with van der Waals surface area (Å²) in [5.74, 6) is 0.208. The number of anilines is 2. The second-order valence-corrected chi connectivity index (χ2v) is 5.82. The largest absolute Gasteiger partial charge is 0.495 e. The summed E-state index contributed by atoms with van der Waals surface area (Å²) in [5.41, 5.74) is 1.66. The first-order valence-corrected chi connectivity index (χ1v) is 8.89. The van der Waals surface area contributed by atoms with E-state index in [1.807, 2.05) is 6.07 Å². The van der Waals surface area contributed by atoms with Crippen molar-refractivity contribution in [3.05, 3.63) is 54.1 Å². The van der Waals surface area contributed by atoms with Crippen molar-refractivity contribution in [3.8, 4) is 5.75 Å². The molecule has 0 aliphatic rings.